The van der Waals surface area contributed by atoms with Crippen molar-refractivity contribution < 1.29 is 14.3 Å². The monoisotopic (exact) mass is 333 g/mol. The fourth-order valence-electron chi connectivity index (χ4n) is 1.96. The number of aromatic nitrogens is 1. The minimum absolute atomic E-state index is 0.0823. The van der Waals surface area contributed by atoms with Gasteiger partial charge in [-0.15, -0.1) is 11.3 Å². The Bertz CT molecular complexity index is 685. The number of ether oxygens (including phenoxy) is 1. The van der Waals surface area contributed by atoms with Crippen molar-refractivity contribution in [2.24, 2.45) is 0 Å². The van der Waals surface area contributed by atoms with Crippen molar-refractivity contribution in [3.05, 3.63) is 45.9 Å². The number of hydrogen-bond donors (Lipinski definition) is 2. The van der Waals surface area contributed by atoms with E-state index in [0.717, 1.165) is 5.56 Å². The molecule has 0 spiro atoms. The van der Waals surface area contributed by atoms with Gasteiger partial charge in [-0.1, -0.05) is 18.2 Å². The smallest absolute Gasteiger partial charge is 0.357 e. The summed E-state index contributed by atoms with van der Waals surface area (Å²) < 4.78 is 4.87. The summed E-state index contributed by atoms with van der Waals surface area (Å²) in [6, 6.07) is 7.49. The van der Waals surface area contributed by atoms with Gasteiger partial charge in [-0.2, -0.15) is 0 Å². The number of nitrogens with two attached hydrogens (primary N) is 1. The number of nitrogens with zero attached hydrogens (tertiary/aromatic N) is 1. The molecule has 0 saturated heterocycles. The van der Waals surface area contributed by atoms with Crippen LogP contribution in [0.5, 0.6) is 0 Å². The second-order valence-corrected chi connectivity index (χ2v) is 5.77. The van der Waals surface area contributed by atoms with Crippen LogP contribution in [0.1, 0.15) is 34.4 Å². The number of rotatable bonds is 7. The zero-order chi connectivity index (χ0) is 16.7. The first kappa shape index (κ1) is 17.0. The van der Waals surface area contributed by atoms with Crippen LogP contribution in [-0.2, 0) is 22.5 Å². The highest BCUT2D eigenvalue weighted by Crippen LogP contribution is 2.13. The van der Waals surface area contributed by atoms with Crippen molar-refractivity contribution in [2.45, 2.75) is 26.3 Å². The van der Waals surface area contributed by atoms with Crippen LogP contribution in [0, 0.1) is 0 Å². The summed E-state index contributed by atoms with van der Waals surface area (Å²) in [5, 5.41) is 5.09. The van der Waals surface area contributed by atoms with E-state index in [0.29, 0.717) is 36.7 Å². The molecule has 2 aromatic rings. The number of nitrogen functional groups attached to an aromatic ring is 1. The van der Waals surface area contributed by atoms with Gasteiger partial charge in [-0.05, 0) is 25.0 Å². The highest BCUT2D eigenvalue weighted by molar-refractivity contribution is 7.09. The van der Waals surface area contributed by atoms with Gasteiger partial charge in [0.1, 0.15) is 5.01 Å². The maximum absolute atomic E-state index is 11.9. The van der Waals surface area contributed by atoms with Gasteiger partial charge in [0.25, 0.3) is 0 Å². The molecule has 0 unspecified atom stereocenters. The Hall–Kier alpha value is -2.41. The number of para-hydroxylation sites is 1. The molecule has 2 rings (SSSR count). The number of carbonyl (C=O) groups excluding carboxylic acids is 2. The van der Waals surface area contributed by atoms with E-state index in [4.69, 9.17) is 10.5 Å². The summed E-state index contributed by atoms with van der Waals surface area (Å²) >= 11 is 1.32. The molecule has 3 N–H and O–H groups in total. The number of hydrogen-bond acceptors (Lipinski definition) is 6. The Morgan fingerprint density at radius 2 is 2.13 bits per heavy atom. The summed E-state index contributed by atoms with van der Waals surface area (Å²) in [5.41, 5.74) is 7.77. The maximum atomic E-state index is 11.9. The average molecular weight is 333 g/mol. The first-order chi connectivity index (χ1) is 11.1. The second-order valence-electron chi connectivity index (χ2n) is 4.82. The van der Waals surface area contributed by atoms with E-state index in [1.165, 1.54) is 11.3 Å². The van der Waals surface area contributed by atoms with Crippen molar-refractivity contribution in [3.63, 3.8) is 0 Å². The molecular weight excluding hydrogens is 314 g/mol. The van der Waals surface area contributed by atoms with Crippen molar-refractivity contribution in [1.29, 1.82) is 0 Å². The third-order valence-corrected chi connectivity index (χ3v) is 4.00. The van der Waals surface area contributed by atoms with Gasteiger partial charge in [0.05, 0.1) is 13.2 Å². The number of amides is 1. The summed E-state index contributed by atoms with van der Waals surface area (Å²) in [7, 11) is 0. The van der Waals surface area contributed by atoms with Crippen molar-refractivity contribution in [2.75, 3.05) is 12.3 Å². The van der Waals surface area contributed by atoms with Crippen molar-refractivity contribution in [1.82, 2.24) is 10.3 Å². The molecule has 0 aliphatic heterocycles. The molecule has 1 heterocycles. The molecule has 1 amide bonds. The molecule has 1 aromatic carbocycles. The van der Waals surface area contributed by atoms with E-state index in [1.54, 1.807) is 12.3 Å². The standard InChI is InChI=1S/C16H19N3O3S/c1-2-22-16(21)13-10-23-15(19-13)9-18-14(20)8-7-11-5-3-4-6-12(11)17/h3-6,10H,2,7-9,17H2,1H3,(H,18,20). The summed E-state index contributed by atoms with van der Waals surface area (Å²) in [6.45, 7) is 2.35. The number of carbonyl (C=O) groups is 2. The predicted octanol–water partition coefficient (Wildman–Crippen LogP) is 2.15. The molecule has 0 aliphatic carbocycles. The average Bonchev–Trinajstić information content (AvgIpc) is 3.01. The van der Waals surface area contributed by atoms with E-state index < -0.39 is 5.97 Å². The Morgan fingerprint density at radius 1 is 1.35 bits per heavy atom. The largest absolute Gasteiger partial charge is 0.461 e. The first-order valence-electron chi connectivity index (χ1n) is 7.31. The van der Waals surface area contributed by atoms with Crippen molar-refractivity contribution in [3.8, 4) is 0 Å². The summed E-state index contributed by atoms with van der Waals surface area (Å²) in [5.74, 6) is -0.526. The Balaban J connectivity index is 1.78. The summed E-state index contributed by atoms with van der Waals surface area (Å²) in [4.78, 5) is 27.5. The van der Waals surface area contributed by atoms with Gasteiger partial charge >= 0.3 is 5.97 Å². The van der Waals surface area contributed by atoms with Gasteiger partial charge in [-0.3, -0.25) is 4.79 Å². The number of anilines is 1. The maximum Gasteiger partial charge on any atom is 0.357 e. The predicted molar refractivity (Wildman–Crippen MR) is 89.1 cm³/mol. The lowest BCUT2D eigenvalue weighted by atomic mass is 10.1. The molecule has 1 aromatic heterocycles. The number of aryl methyl sites for hydroxylation is 1. The number of benzene rings is 1. The zero-order valence-corrected chi connectivity index (χ0v) is 13.7. The third kappa shape index (κ3) is 5.07. The molecule has 0 saturated carbocycles. The Morgan fingerprint density at radius 3 is 2.87 bits per heavy atom. The van der Waals surface area contributed by atoms with Crippen molar-refractivity contribution >= 4 is 28.9 Å². The molecule has 0 fully saturated rings. The fraction of sp³-hybridized carbons (Fsp3) is 0.312. The number of esters is 1. The molecule has 23 heavy (non-hydrogen) atoms. The molecule has 0 aliphatic rings. The van der Waals surface area contributed by atoms with Crippen LogP contribution < -0.4 is 11.1 Å². The SMILES string of the molecule is CCOC(=O)c1csc(CNC(=O)CCc2ccccc2N)n1. The number of thiazole rings is 1. The van der Waals surface area contributed by atoms with Crippen LogP contribution in [0.3, 0.4) is 0 Å². The van der Waals surface area contributed by atoms with E-state index in [9.17, 15) is 9.59 Å². The van der Waals surface area contributed by atoms with Gasteiger partial charge in [0.2, 0.25) is 5.91 Å². The fourth-order valence-corrected chi connectivity index (χ4v) is 2.67. The normalized spacial score (nSPS) is 10.3. The minimum atomic E-state index is -0.444. The van der Waals surface area contributed by atoms with Crippen LogP contribution in [0.4, 0.5) is 5.69 Å². The molecular formula is C16H19N3O3S. The molecule has 0 bridgehead atoms. The number of nitrogens with one attached hydrogen (secondary N) is 1. The van der Waals surface area contributed by atoms with Crippen LogP contribution >= 0.6 is 11.3 Å². The lowest BCUT2D eigenvalue weighted by molar-refractivity contribution is -0.121. The molecule has 7 heteroatoms. The van der Waals surface area contributed by atoms with E-state index in [-0.39, 0.29) is 11.6 Å². The third-order valence-electron chi connectivity index (χ3n) is 3.15. The van der Waals surface area contributed by atoms with Gasteiger partial charge < -0.3 is 15.8 Å². The second kappa shape index (κ2) is 8.28. The quantitative estimate of drug-likeness (QED) is 0.598. The van der Waals surface area contributed by atoms with Crippen LogP contribution in [0.2, 0.25) is 0 Å². The van der Waals surface area contributed by atoms with Gasteiger partial charge in [0.15, 0.2) is 5.69 Å². The Kier molecular flexibility index (Phi) is 6.10. The van der Waals surface area contributed by atoms with E-state index in [1.807, 2.05) is 24.3 Å². The van der Waals surface area contributed by atoms with E-state index >= 15 is 0 Å². The van der Waals surface area contributed by atoms with Crippen LogP contribution in [0.15, 0.2) is 29.6 Å². The topological polar surface area (TPSA) is 94.3 Å². The lowest BCUT2D eigenvalue weighted by Crippen LogP contribution is -2.23. The van der Waals surface area contributed by atoms with E-state index in [2.05, 4.69) is 10.3 Å². The first-order valence-corrected chi connectivity index (χ1v) is 8.19. The molecule has 6 nitrogen and oxygen atoms in total. The Labute approximate surface area is 138 Å². The lowest BCUT2D eigenvalue weighted by Gasteiger charge is -2.05. The summed E-state index contributed by atoms with van der Waals surface area (Å²) in [6.07, 6.45) is 0.939. The highest BCUT2D eigenvalue weighted by Gasteiger charge is 2.12. The minimum Gasteiger partial charge on any atom is -0.461 e. The highest BCUT2D eigenvalue weighted by atomic mass is 32.1. The van der Waals surface area contributed by atoms with Gasteiger partial charge in [-0.25, -0.2) is 9.78 Å². The van der Waals surface area contributed by atoms with Crippen LogP contribution in [0.25, 0.3) is 0 Å². The van der Waals surface area contributed by atoms with Gasteiger partial charge in [0, 0.05) is 17.5 Å². The van der Waals surface area contributed by atoms with Crippen LogP contribution in [-0.4, -0.2) is 23.5 Å². The molecule has 122 valence electrons. The molecule has 0 atom stereocenters. The zero-order valence-electron chi connectivity index (χ0n) is 12.9. The molecule has 0 radical (unpaired) electrons.